The summed E-state index contributed by atoms with van der Waals surface area (Å²) in [4.78, 5) is 14.8. The minimum Gasteiger partial charge on any atom is -0.429 e. The molecule has 3 saturated heterocycles. The maximum atomic E-state index is 13.7. The van der Waals surface area contributed by atoms with Crippen molar-refractivity contribution >= 4 is 17.8 Å². The summed E-state index contributed by atoms with van der Waals surface area (Å²) in [7, 11) is 0. The number of ether oxygens (including phenoxy) is 2. The van der Waals surface area contributed by atoms with Crippen molar-refractivity contribution in [2.24, 2.45) is 5.92 Å². The van der Waals surface area contributed by atoms with E-state index in [4.69, 9.17) is 21.1 Å². The molecule has 27 heavy (non-hydrogen) atoms. The molecule has 2 atom stereocenters. The fourth-order valence-corrected chi connectivity index (χ4v) is 4.16. The van der Waals surface area contributed by atoms with Gasteiger partial charge in [0.2, 0.25) is 0 Å². The summed E-state index contributed by atoms with van der Waals surface area (Å²) in [5.41, 5.74) is 1.20. The van der Waals surface area contributed by atoms with Crippen molar-refractivity contribution in [3.8, 4) is 0 Å². The van der Waals surface area contributed by atoms with Crippen molar-refractivity contribution in [2.45, 2.75) is 25.0 Å². The lowest BCUT2D eigenvalue weighted by Gasteiger charge is -2.43. The molecule has 3 aliphatic heterocycles. The molecule has 0 N–H and O–H groups in total. The number of piperidine rings is 3. The average Bonchev–Trinajstić information content (AvgIpc) is 2.67. The Labute approximate surface area is 162 Å². The molecule has 5 rings (SSSR count). The third-order valence-electron chi connectivity index (χ3n) is 5.36. The van der Waals surface area contributed by atoms with Crippen LogP contribution in [0.4, 0.5) is 9.18 Å². The topological polar surface area (TPSA) is 38.8 Å². The molecule has 4 nitrogen and oxygen atoms in total. The van der Waals surface area contributed by atoms with Crippen LogP contribution in [0.3, 0.4) is 0 Å². The molecule has 0 radical (unpaired) electrons. The Morgan fingerprint density at radius 2 is 1.81 bits per heavy atom. The van der Waals surface area contributed by atoms with Crippen molar-refractivity contribution in [3.63, 3.8) is 0 Å². The van der Waals surface area contributed by atoms with Crippen LogP contribution in [-0.4, -0.2) is 36.8 Å². The molecule has 3 aliphatic rings. The minimum absolute atomic E-state index is 0.146. The van der Waals surface area contributed by atoms with E-state index in [2.05, 4.69) is 4.90 Å². The first kappa shape index (κ1) is 18.3. The zero-order valence-electron chi connectivity index (χ0n) is 14.8. The quantitative estimate of drug-likeness (QED) is 0.703. The molecule has 0 amide bonds. The molecule has 0 aromatic heterocycles. The lowest BCUT2D eigenvalue weighted by molar-refractivity contribution is -0.0642. The normalized spacial score (nSPS) is 25.0. The monoisotopic (exact) mass is 389 g/mol. The minimum atomic E-state index is -0.784. The molecule has 3 heterocycles. The van der Waals surface area contributed by atoms with Crippen molar-refractivity contribution in [2.75, 3.05) is 19.6 Å². The number of nitrogens with zero attached hydrogens (tertiary/aromatic N) is 1. The molecular weight excluding hydrogens is 369 g/mol. The van der Waals surface area contributed by atoms with Crippen molar-refractivity contribution in [1.29, 1.82) is 0 Å². The summed E-state index contributed by atoms with van der Waals surface area (Å²) in [6.45, 7) is 2.88. The van der Waals surface area contributed by atoms with E-state index in [0.717, 1.165) is 32.5 Å². The van der Waals surface area contributed by atoms with E-state index in [1.54, 1.807) is 36.4 Å². The molecule has 2 aromatic rings. The van der Waals surface area contributed by atoms with Crippen LogP contribution in [0.25, 0.3) is 0 Å². The Morgan fingerprint density at radius 3 is 2.44 bits per heavy atom. The largest absolute Gasteiger partial charge is 0.509 e. The van der Waals surface area contributed by atoms with Gasteiger partial charge in [-0.2, -0.15) is 0 Å². The number of benzene rings is 2. The summed E-state index contributed by atoms with van der Waals surface area (Å²) < 4.78 is 25.0. The van der Waals surface area contributed by atoms with Crippen molar-refractivity contribution < 1.29 is 18.7 Å². The maximum absolute atomic E-state index is 13.7. The zero-order chi connectivity index (χ0) is 18.8. The second-order valence-electron chi connectivity index (χ2n) is 7.15. The van der Waals surface area contributed by atoms with E-state index in [1.807, 2.05) is 0 Å². The highest BCUT2D eigenvalue weighted by Crippen LogP contribution is 2.32. The van der Waals surface area contributed by atoms with Crippen LogP contribution >= 0.6 is 11.6 Å². The van der Waals surface area contributed by atoms with Gasteiger partial charge >= 0.3 is 6.16 Å². The van der Waals surface area contributed by atoms with E-state index >= 15 is 0 Å². The van der Waals surface area contributed by atoms with E-state index in [9.17, 15) is 9.18 Å². The number of halogens is 2. The lowest BCUT2D eigenvalue weighted by Crippen LogP contribution is -2.52. The first-order chi connectivity index (χ1) is 13.1. The number of fused-ring (bicyclic) bond motifs is 3. The smallest absolute Gasteiger partial charge is 0.429 e. The van der Waals surface area contributed by atoms with Gasteiger partial charge in [0.15, 0.2) is 6.10 Å². The molecule has 0 aliphatic carbocycles. The van der Waals surface area contributed by atoms with Gasteiger partial charge in [0, 0.05) is 17.1 Å². The Morgan fingerprint density at radius 1 is 1.11 bits per heavy atom. The summed E-state index contributed by atoms with van der Waals surface area (Å²) in [5, 5.41) is 0.517. The standard InChI is InChI=1S/C21H21ClFNO3/c22-17-5-1-3-15(11-17)20(16-4-2-6-18(23)12-16)27-21(25)26-19-13-24-9-7-14(19)8-10-24/h1-6,11-12,14,19-20H,7-10,13H2/t19-,20?/m0/s1. The summed E-state index contributed by atoms with van der Waals surface area (Å²) in [5.74, 6) is -0.00442. The van der Waals surface area contributed by atoms with Gasteiger partial charge in [-0.15, -0.1) is 0 Å². The first-order valence-corrected chi connectivity index (χ1v) is 9.57. The number of carbonyl (C=O) groups excluding carboxylic acids is 1. The molecule has 142 valence electrons. The van der Waals surface area contributed by atoms with Crippen LogP contribution in [0.2, 0.25) is 5.02 Å². The van der Waals surface area contributed by atoms with Crippen molar-refractivity contribution in [1.82, 2.24) is 4.90 Å². The number of hydrogen-bond donors (Lipinski definition) is 0. The van der Waals surface area contributed by atoms with Gasteiger partial charge in [-0.25, -0.2) is 9.18 Å². The molecule has 3 fully saturated rings. The van der Waals surface area contributed by atoms with Gasteiger partial charge in [-0.05, 0) is 61.7 Å². The Balaban J connectivity index is 1.53. The van der Waals surface area contributed by atoms with Crippen molar-refractivity contribution in [3.05, 3.63) is 70.5 Å². The number of carbonyl (C=O) groups is 1. The SMILES string of the molecule is O=C(OC(c1cccc(F)c1)c1cccc(Cl)c1)O[C@H]1CN2CCC1CC2. The number of hydrogen-bond acceptors (Lipinski definition) is 4. The highest BCUT2D eigenvalue weighted by molar-refractivity contribution is 6.30. The van der Waals surface area contributed by atoms with Gasteiger partial charge in [-0.1, -0.05) is 35.9 Å². The summed E-state index contributed by atoms with van der Waals surface area (Å²) in [6.07, 6.45) is 0.419. The molecule has 0 spiro atoms. The second-order valence-corrected chi connectivity index (χ2v) is 7.59. The highest BCUT2D eigenvalue weighted by atomic mass is 35.5. The maximum Gasteiger partial charge on any atom is 0.509 e. The van der Waals surface area contributed by atoms with Gasteiger partial charge in [0.1, 0.15) is 11.9 Å². The van der Waals surface area contributed by atoms with E-state index < -0.39 is 18.1 Å². The average molecular weight is 390 g/mol. The predicted molar refractivity (Wildman–Crippen MR) is 100 cm³/mol. The summed E-state index contributed by atoms with van der Waals surface area (Å²) >= 11 is 6.09. The molecule has 0 saturated carbocycles. The Kier molecular flexibility index (Phi) is 5.32. The summed E-state index contributed by atoms with van der Waals surface area (Å²) in [6, 6.07) is 13.0. The highest BCUT2D eigenvalue weighted by Gasteiger charge is 2.37. The Hall–Kier alpha value is -2.11. The van der Waals surface area contributed by atoms with E-state index in [1.165, 1.54) is 12.1 Å². The molecule has 1 unspecified atom stereocenters. The Bertz CT molecular complexity index is 777. The van der Waals surface area contributed by atoms with Crippen LogP contribution in [0.5, 0.6) is 0 Å². The fourth-order valence-electron chi connectivity index (χ4n) is 3.96. The fraction of sp³-hybridized carbons (Fsp3) is 0.381. The van der Waals surface area contributed by atoms with Crippen LogP contribution in [-0.2, 0) is 9.47 Å². The van der Waals surface area contributed by atoms with Gasteiger partial charge in [0.05, 0.1) is 0 Å². The second kappa shape index (κ2) is 7.87. The van der Waals surface area contributed by atoms with Crippen LogP contribution in [0.15, 0.2) is 48.5 Å². The third kappa shape index (κ3) is 4.25. The van der Waals surface area contributed by atoms with E-state index in [0.29, 0.717) is 22.1 Å². The molecule has 2 aromatic carbocycles. The van der Waals surface area contributed by atoms with Crippen LogP contribution < -0.4 is 0 Å². The third-order valence-corrected chi connectivity index (χ3v) is 5.60. The van der Waals surface area contributed by atoms with Gasteiger partial charge in [-0.3, -0.25) is 4.90 Å². The zero-order valence-corrected chi connectivity index (χ0v) is 15.6. The molecular formula is C21H21ClFNO3. The first-order valence-electron chi connectivity index (χ1n) is 9.19. The van der Waals surface area contributed by atoms with Gasteiger partial charge < -0.3 is 9.47 Å². The molecule has 2 bridgehead atoms. The molecule has 6 heteroatoms. The predicted octanol–water partition coefficient (Wildman–Crippen LogP) is 4.82. The van der Waals surface area contributed by atoms with E-state index in [-0.39, 0.29) is 6.10 Å². The van der Waals surface area contributed by atoms with Crippen LogP contribution in [0.1, 0.15) is 30.1 Å². The van der Waals surface area contributed by atoms with Gasteiger partial charge in [0.25, 0.3) is 0 Å². The lowest BCUT2D eigenvalue weighted by atomic mass is 9.86. The number of rotatable bonds is 4. The van der Waals surface area contributed by atoms with Crippen LogP contribution in [0, 0.1) is 11.7 Å².